The third kappa shape index (κ3) is 2.48. The molecule has 1 amide bonds. The Labute approximate surface area is 73.5 Å². The summed E-state index contributed by atoms with van der Waals surface area (Å²) in [5.74, 6) is 0.579. The van der Waals surface area contributed by atoms with Crippen molar-refractivity contribution in [3.05, 3.63) is 0 Å². The van der Waals surface area contributed by atoms with Gasteiger partial charge in [-0.3, -0.25) is 4.79 Å². The number of rotatable bonds is 3. The highest BCUT2D eigenvalue weighted by atomic mass is 16.5. The lowest BCUT2D eigenvalue weighted by molar-refractivity contribution is -0.119. The zero-order chi connectivity index (χ0) is 8.97. The van der Waals surface area contributed by atoms with E-state index >= 15 is 0 Å². The molecule has 0 unspecified atom stereocenters. The van der Waals surface area contributed by atoms with Crippen LogP contribution in [0.15, 0.2) is 0 Å². The maximum Gasteiger partial charge on any atom is 0.216 e. The first-order valence-electron chi connectivity index (χ1n) is 4.60. The van der Waals surface area contributed by atoms with Gasteiger partial charge in [0.1, 0.15) is 0 Å². The van der Waals surface area contributed by atoms with Crippen LogP contribution in [0.1, 0.15) is 26.7 Å². The number of carbonyl (C=O) groups excluding carboxylic acids is 1. The molecule has 0 aliphatic carbocycles. The van der Waals surface area contributed by atoms with E-state index in [0.717, 1.165) is 26.0 Å². The Kier molecular flexibility index (Phi) is 3.53. The molecule has 0 aromatic carbocycles. The summed E-state index contributed by atoms with van der Waals surface area (Å²) in [5, 5.41) is 2.83. The van der Waals surface area contributed by atoms with Crippen LogP contribution in [-0.4, -0.2) is 25.2 Å². The minimum atomic E-state index is 0.0525. The summed E-state index contributed by atoms with van der Waals surface area (Å²) in [6.07, 6.45) is 2.49. The molecule has 1 saturated heterocycles. The van der Waals surface area contributed by atoms with Gasteiger partial charge in [0, 0.05) is 26.0 Å². The van der Waals surface area contributed by atoms with Gasteiger partial charge in [-0.25, -0.2) is 0 Å². The summed E-state index contributed by atoms with van der Waals surface area (Å²) in [6, 6.07) is 0. The molecule has 0 saturated carbocycles. The van der Waals surface area contributed by atoms with Gasteiger partial charge >= 0.3 is 0 Å². The maximum absolute atomic E-state index is 10.6. The molecule has 1 aliphatic heterocycles. The van der Waals surface area contributed by atoms with E-state index in [-0.39, 0.29) is 5.91 Å². The molecule has 1 fully saturated rings. The fraction of sp³-hybridized carbons (Fsp3) is 0.889. The first-order chi connectivity index (χ1) is 5.74. The molecule has 0 radical (unpaired) electrons. The highest BCUT2D eigenvalue weighted by Crippen LogP contribution is 2.22. The fourth-order valence-electron chi connectivity index (χ4n) is 1.65. The summed E-state index contributed by atoms with van der Waals surface area (Å²) in [6.45, 7) is 5.30. The van der Waals surface area contributed by atoms with Crippen molar-refractivity contribution < 1.29 is 9.53 Å². The second-order valence-corrected chi connectivity index (χ2v) is 3.30. The lowest BCUT2D eigenvalue weighted by Gasteiger charge is -2.16. The van der Waals surface area contributed by atoms with Crippen molar-refractivity contribution in [3.63, 3.8) is 0 Å². The van der Waals surface area contributed by atoms with E-state index in [1.165, 1.54) is 0 Å². The third-order valence-corrected chi connectivity index (χ3v) is 2.36. The van der Waals surface area contributed by atoms with Gasteiger partial charge in [-0.15, -0.1) is 0 Å². The quantitative estimate of drug-likeness (QED) is 0.686. The van der Waals surface area contributed by atoms with E-state index in [0.29, 0.717) is 12.0 Å². The molecule has 70 valence electrons. The Morgan fingerprint density at radius 2 is 2.42 bits per heavy atom. The lowest BCUT2D eigenvalue weighted by atomic mass is 10.00. The summed E-state index contributed by atoms with van der Waals surface area (Å²) in [7, 11) is 0. The van der Waals surface area contributed by atoms with Crippen molar-refractivity contribution in [2.45, 2.75) is 32.8 Å². The van der Waals surface area contributed by atoms with Crippen molar-refractivity contribution >= 4 is 5.91 Å². The topological polar surface area (TPSA) is 38.3 Å². The molecule has 2 atom stereocenters. The molecule has 12 heavy (non-hydrogen) atoms. The predicted molar refractivity (Wildman–Crippen MR) is 46.8 cm³/mol. The van der Waals surface area contributed by atoms with E-state index in [4.69, 9.17) is 4.74 Å². The van der Waals surface area contributed by atoms with Crippen LogP contribution < -0.4 is 5.32 Å². The van der Waals surface area contributed by atoms with Crippen LogP contribution in [-0.2, 0) is 9.53 Å². The number of amides is 1. The number of hydrogen-bond acceptors (Lipinski definition) is 2. The van der Waals surface area contributed by atoms with Crippen LogP contribution in [0.5, 0.6) is 0 Å². The van der Waals surface area contributed by atoms with Crippen molar-refractivity contribution in [2.75, 3.05) is 13.2 Å². The molecular weight excluding hydrogens is 154 g/mol. The average molecular weight is 171 g/mol. The third-order valence-electron chi connectivity index (χ3n) is 2.36. The Bertz CT molecular complexity index is 159. The Balaban J connectivity index is 2.26. The van der Waals surface area contributed by atoms with Crippen LogP contribution in [0.4, 0.5) is 0 Å². The average Bonchev–Trinajstić information content (AvgIpc) is 2.47. The van der Waals surface area contributed by atoms with Crippen molar-refractivity contribution in [3.8, 4) is 0 Å². The summed E-state index contributed by atoms with van der Waals surface area (Å²) in [4.78, 5) is 10.6. The van der Waals surface area contributed by atoms with Crippen molar-refractivity contribution in [1.82, 2.24) is 5.32 Å². The second-order valence-electron chi connectivity index (χ2n) is 3.30. The zero-order valence-corrected chi connectivity index (χ0v) is 7.80. The van der Waals surface area contributed by atoms with E-state index in [1.54, 1.807) is 6.92 Å². The van der Waals surface area contributed by atoms with Gasteiger partial charge in [-0.05, 0) is 12.8 Å². The first-order valence-corrected chi connectivity index (χ1v) is 4.60. The van der Waals surface area contributed by atoms with E-state index in [1.807, 2.05) is 0 Å². The highest BCUT2D eigenvalue weighted by Gasteiger charge is 2.26. The molecule has 1 aliphatic rings. The monoisotopic (exact) mass is 171 g/mol. The molecule has 1 N–H and O–H groups in total. The standard InChI is InChI=1S/C9H17NO2/c1-3-9-8(4-5-12-9)6-10-7(2)11/h8-9H,3-6H2,1-2H3,(H,10,11)/t8-,9-/m1/s1. The predicted octanol–water partition coefficient (Wildman–Crippen LogP) is 0.938. The van der Waals surface area contributed by atoms with Crippen LogP contribution >= 0.6 is 0 Å². The highest BCUT2D eigenvalue weighted by molar-refractivity contribution is 5.72. The van der Waals surface area contributed by atoms with Crippen LogP contribution in [0.2, 0.25) is 0 Å². The number of nitrogens with one attached hydrogen (secondary N) is 1. The largest absolute Gasteiger partial charge is 0.378 e. The van der Waals surface area contributed by atoms with Gasteiger partial charge < -0.3 is 10.1 Å². The van der Waals surface area contributed by atoms with Gasteiger partial charge in [-0.1, -0.05) is 6.92 Å². The van der Waals surface area contributed by atoms with Crippen LogP contribution in [0, 0.1) is 5.92 Å². The number of ether oxygens (including phenoxy) is 1. The van der Waals surface area contributed by atoms with Gasteiger partial charge in [0.25, 0.3) is 0 Å². The van der Waals surface area contributed by atoms with Gasteiger partial charge in [0.2, 0.25) is 5.91 Å². The summed E-state index contributed by atoms with van der Waals surface area (Å²) >= 11 is 0. The Morgan fingerprint density at radius 3 is 3.00 bits per heavy atom. The summed E-state index contributed by atoms with van der Waals surface area (Å²) < 4.78 is 5.50. The molecule has 0 bridgehead atoms. The van der Waals surface area contributed by atoms with Crippen molar-refractivity contribution in [1.29, 1.82) is 0 Å². The minimum Gasteiger partial charge on any atom is -0.378 e. The van der Waals surface area contributed by atoms with Gasteiger partial charge in [-0.2, -0.15) is 0 Å². The number of hydrogen-bond donors (Lipinski definition) is 1. The van der Waals surface area contributed by atoms with E-state index < -0.39 is 0 Å². The molecule has 1 heterocycles. The molecule has 0 spiro atoms. The SMILES string of the molecule is CC[C@H]1OCC[C@@H]1CNC(C)=O. The zero-order valence-electron chi connectivity index (χ0n) is 7.80. The van der Waals surface area contributed by atoms with E-state index in [9.17, 15) is 4.79 Å². The Hall–Kier alpha value is -0.570. The van der Waals surface area contributed by atoms with E-state index in [2.05, 4.69) is 12.2 Å². The molecule has 1 rings (SSSR count). The summed E-state index contributed by atoms with van der Waals surface area (Å²) in [5.41, 5.74) is 0. The normalized spacial score (nSPS) is 28.8. The van der Waals surface area contributed by atoms with Crippen LogP contribution in [0.3, 0.4) is 0 Å². The molecular formula is C9H17NO2. The second kappa shape index (κ2) is 4.45. The van der Waals surface area contributed by atoms with Gasteiger partial charge in [0.15, 0.2) is 0 Å². The minimum absolute atomic E-state index is 0.0525. The maximum atomic E-state index is 10.6. The van der Waals surface area contributed by atoms with Crippen molar-refractivity contribution in [2.24, 2.45) is 5.92 Å². The fourth-order valence-corrected chi connectivity index (χ4v) is 1.65. The first kappa shape index (κ1) is 9.52. The molecule has 3 nitrogen and oxygen atoms in total. The molecule has 3 heteroatoms. The lowest BCUT2D eigenvalue weighted by Crippen LogP contribution is -2.31. The smallest absolute Gasteiger partial charge is 0.216 e. The van der Waals surface area contributed by atoms with Crippen LogP contribution in [0.25, 0.3) is 0 Å². The molecule has 0 aromatic heterocycles. The Morgan fingerprint density at radius 1 is 1.67 bits per heavy atom. The number of carbonyl (C=O) groups is 1. The molecule has 0 aromatic rings. The van der Waals surface area contributed by atoms with Gasteiger partial charge in [0.05, 0.1) is 6.10 Å².